The van der Waals surface area contributed by atoms with Gasteiger partial charge in [0, 0.05) is 18.9 Å². The number of anilines is 1. The predicted octanol–water partition coefficient (Wildman–Crippen LogP) is 4.81. The molecule has 0 saturated heterocycles. The van der Waals surface area contributed by atoms with Crippen LogP contribution in [0.4, 0.5) is 5.82 Å². The van der Waals surface area contributed by atoms with E-state index in [1.54, 1.807) is 12.4 Å². The van der Waals surface area contributed by atoms with Crippen LogP contribution in [-0.4, -0.2) is 10.1 Å². The molecular weight excluding hydrogens is 298 g/mol. The molecule has 24 heavy (non-hydrogen) atoms. The van der Waals surface area contributed by atoms with E-state index in [0.717, 1.165) is 27.9 Å². The van der Waals surface area contributed by atoms with Gasteiger partial charge in [0.25, 0.3) is 0 Å². The topological polar surface area (TPSA) is 51.0 Å². The maximum Gasteiger partial charge on any atom is 0.177 e. The molecule has 0 aliphatic rings. The first-order valence-corrected chi connectivity index (χ1v) is 7.89. The molecule has 1 N–H and O–H groups in total. The maximum absolute atomic E-state index is 5.51. The third kappa shape index (κ3) is 2.74. The molecule has 0 saturated carbocycles. The first kappa shape index (κ1) is 14.5. The Morgan fingerprint density at radius 1 is 1.00 bits per heavy atom. The average molecular weight is 315 g/mol. The molecule has 0 bridgehead atoms. The molecule has 0 aliphatic carbocycles. The van der Waals surface area contributed by atoms with Crippen LogP contribution in [0.15, 0.2) is 71.5 Å². The lowest BCUT2D eigenvalue weighted by molar-refractivity contribution is 0.459. The van der Waals surface area contributed by atoms with Crippen LogP contribution in [0.3, 0.4) is 0 Å². The summed E-state index contributed by atoms with van der Waals surface area (Å²) in [5, 5.41) is 8.48. The van der Waals surface area contributed by atoms with Gasteiger partial charge in [-0.05, 0) is 53.4 Å². The van der Waals surface area contributed by atoms with Crippen molar-refractivity contribution in [2.24, 2.45) is 0 Å². The lowest BCUT2D eigenvalue weighted by Gasteiger charge is -2.05. The maximum atomic E-state index is 5.51. The van der Waals surface area contributed by atoms with Crippen molar-refractivity contribution in [3.8, 4) is 11.1 Å². The van der Waals surface area contributed by atoms with Crippen LogP contribution in [0, 0.1) is 6.92 Å². The minimum absolute atomic E-state index is 0.684. The minimum atomic E-state index is 0.684. The number of aromatic nitrogens is 2. The normalized spacial score (nSPS) is 10.9. The molecule has 4 rings (SSSR count). The van der Waals surface area contributed by atoms with Gasteiger partial charge in [0.15, 0.2) is 11.4 Å². The first-order valence-electron chi connectivity index (χ1n) is 7.89. The van der Waals surface area contributed by atoms with Gasteiger partial charge in [0.1, 0.15) is 0 Å². The Balaban J connectivity index is 1.62. The average Bonchev–Trinajstić information content (AvgIpc) is 3.03. The fraction of sp³-hybridized carbons (Fsp3) is 0.100. The highest BCUT2D eigenvalue weighted by Gasteiger charge is 2.10. The lowest BCUT2D eigenvalue weighted by atomic mass is 10.00. The summed E-state index contributed by atoms with van der Waals surface area (Å²) < 4.78 is 5.51. The van der Waals surface area contributed by atoms with Crippen LogP contribution in [0.1, 0.15) is 11.1 Å². The molecule has 4 nitrogen and oxygen atoms in total. The summed E-state index contributed by atoms with van der Waals surface area (Å²) in [5.41, 5.74) is 5.53. The highest BCUT2D eigenvalue weighted by molar-refractivity contribution is 5.91. The molecule has 2 heterocycles. The zero-order chi connectivity index (χ0) is 16.4. The van der Waals surface area contributed by atoms with Crippen LogP contribution in [0.25, 0.3) is 22.1 Å². The Morgan fingerprint density at radius 2 is 1.83 bits per heavy atom. The summed E-state index contributed by atoms with van der Waals surface area (Å²) in [5.74, 6) is 0.762. The van der Waals surface area contributed by atoms with Crippen molar-refractivity contribution in [2.75, 3.05) is 5.32 Å². The van der Waals surface area contributed by atoms with Gasteiger partial charge in [0.05, 0.1) is 5.39 Å². The second-order valence-electron chi connectivity index (χ2n) is 5.77. The second kappa shape index (κ2) is 6.16. The zero-order valence-corrected chi connectivity index (χ0v) is 13.4. The highest BCUT2D eigenvalue weighted by Crippen LogP contribution is 2.30. The van der Waals surface area contributed by atoms with E-state index in [-0.39, 0.29) is 0 Å². The predicted molar refractivity (Wildman–Crippen MR) is 95.7 cm³/mol. The molecule has 4 heteroatoms. The smallest absolute Gasteiger partial charge is 0.177 e. The van der Waals surface area contributed by atoms with Crippen LogP contribution < -0.4 is 5.32 Å². The fourth-order valence-corrected chi connectivity index (χ4v) is 2.82. The number of pyridine rings is 1. The van der Waals surface area contributed by atoms with Crippen molar-refractivity contribution >= 4 is 16.8 Å². The van der Waals surface area contributed by atoms with E-state index < -0.39 is 0 Å². The number of hydrogen-bond acceptors (Lipinski definition) is 4. The van der Waals surface area contributed by atoms with Gasteiger partial charge in [-0.15, -0.1) is 0 Å². The van der Waals surface area contributed by atoms with Gasteiger partial charge in [-0.25, -0.2) is 0 Å². The van der Waals surface area contributed by atoms with E-state index in [4.69, 9.17) is 4.52 Å². The SMILES string of the molecule is Cc1ccccc1-c1ccc2c(NCc3ccncc3)noc2c1. The third-order valence-corrected chi connectivity index (χ3v) is 4.14. The third-order valence-electron chi connectivity index (χ3n) is 4.14. The number of fused-ring (bicyclic) bond motifs is 1. The lowest BCUT2D eigenvalue weighted by Crippen LogP contribution is -1.99. The number of nitrogens with zero attached hydrogens (tertiary/aromatic N) is 2. The molecule has 0 atom stereocenters. The molecule has 0 radical (unpaired) electrons. The van der Waals surface area contributed by atoms with Gasteiger partial charge < -0.3 is 9.84 Å². The summed E-state index contributed by atoms with van der Waals surface area (Å²) in [4.78, 5) is 4.02. The summed E-state index contributed by atoms with van der Waals surface area (Å²) in [6.45, 7) is 2.80. The number of hydrogen-bond donors (Lipinski definition) is 1. The Bertz CT molecular complexity index is 977. The van der Waals surface area contributed by atoms with E-state index in [2.05, 4.69) is 52.7 Å². The van der Waals surface area contributed by atoms with Gasteiger partial charge in [-0.3, -0.25) is 4.98 Å². The van der Waals surface area contributed by atoms with E-state index in [0.29, 0.717) is 6.54 Å². The Kier molecular flexibility index (Phi) is 3.71. The van der Waals surface area contributed by atoms with Crippen molar-refractivity contribution in [1.29, 1.82) is 0 Å². The summed E-state index contributed by atoms with van der Waals surface area (Å²) >= 11 is 0. The molecule has 118 valence electrons. The molecule has 4 aromatic rings. The largest absolute Gasteiger partial charge is 0.363 e. The fourth-order valence-electron chi connectivity index (χ4n) is 2.82. The Morgan fingerprint density at radius 3 is 2.67 bits per heavy atom. The summed E-state index contributed by atoms with van der Waals surface area (Å²) in [6, 6.07) is 18.5. The number of benzene rings is 2. The van der Waals surface area contributed by atoms with Gasteiger partial charge in [-0.2, -0.15) is 0 Å². The molecule has 0 unspecified atom stereocenters. The molecule has 2 aromatic heterocycles. The summed E-state index contributed by atoms with van der Waals surface area (Å²) in [6.07, 6.45) is 3.57. The standard InChI is InChI=1S/C20H17N3O/c1-14-4-2-3-5-17(14)16-6-7-18-19(12-16)24-23-20(18)22-13-15-8-10-21-11-9-15/h2-12H,13H2,1H3,(H,22,23). The van der Waals surface area contributed by atoms with Crippen LogP contribution in [0.2, 0.25) is 0 Å². The van der Waals surface area contributed by atoms with Crippen molar-refractivity contribution in [3.63, 3.8) is 0 Å². The van der Waals surface area contributed by atoms with E-state index in [9.17, 15) is 0 Å². The molecule has 2 aromatic carbocycles. The zero-order valence-electron chi connectivity index (χ0n) is 13.4. The summed E-state index contributed by atoms with van der Waals surface area (Å²) in [7, 11) is 0. The van der Waals surface area contributed by atoms with E-state index in [1.165, 1.54) is 11.1 Å². The van der Waals surface area contributed by atoms with E-state index >= 15 is 0 Å². The van der Waals surface area contributed by atoms with Gasteiger partial charge in [-0.1, -0.05) is 35.5 Å². The minimum Gasteiger partial charge on any atom is -0.363 e. The van der Waals surface area contributed by atoms with Crippen molar-refractivity contribution < 1.29 is 4.52 Å². The van der Waals surface area contributed by atoms with Crippen molar-refractivity contribution in [2.45, 2.75) is 13.5 Å². The van der Waals surface area contributed by atoms with Gasteiger partial charge in [0.2, 0.25) is 0 Å². The molecule has 0 amide bonds. The monoisotopic (exact) mass is 315 g/mol. The van der Waals surface area contributed by atoms with Crippen molar-refractivity contribution in [1.82, 2.24) is 10.1 Å². The second-order valence-corrected chi connectivity index (χ2v) is 5.77. The first-order chi connectivity index (χ1) is 11.8. The molecule has 0 aliphatic heterocycles. The van der Waals surface area contributed by atoms with Crippen molar-refractivity contribution in [3.05, 3.63) is 78.1 Å². The van der Waals surface area contributed by atoms with Crippen LogP contribution >= 0.6 is 0 Å². The van der Waals surface area contributed by atoms with E-state index in [1.807, 2.05) is 24.3 Å². The highest BCUT2D eigenvalue weighted by atomic mass is 16.5. The van der Waals surface area contributed by atoms with Gasteiger partial charge >= 0.3 is 0 Å². The molecule has 0 fully saturated rings. The van der Waals surface area contributed by atoms with Crippen LogP contribution in [0.5, 0.6) is 0 Å². The number of aryl methyl sites for hydroxylation is 1. The molecular formula is C20H17N3O. The number of rotatable bonds is 4. The molecule has 0 spiro atoms. The number of nitrogens with one attached hydrogen (secondary N) is 1. The van der Waals surface area contributed by atoms with Crippen LogP contribution in [-0.2, 0) is 6.54 Å². The Labute approximate surface area is 140 Å². The quantitative estimate of drug-likeness (QED) is 0.587. The Hall–Kier alpha value is -3.14.